The summed E-state index contributed by atoms with van der Waals surface area (Å²) in [5, 5.41) is 2.83. The van der Waals surface area contributed by atoms with Crippen LogP contribution in [0.3, 0.4) is 0 Å². The first-order valence-electron chi connectivity index (χ1n) is 8.74. The Labute approximate surface area is 162 Å². The highest BCUT2D eigenvalue weighted by Crippen LogP contribution is 2.25. The number of ether oxygens (including phenoxy) is 2. The molecule has 2 aromatic carbocycles. The van der Waals surface area contributed by atoms with Gasteiger partial charge in [0.1, 0.15) is 23.1 Å². The third-order valence-corrected chi connectivity index (χ3v) is 4.26. The molecule has 1 heterocycles. The Morgan fingerprint density at radius 2 is 1.82 bits per heavy atom. The molecule has 1 N–H and O–H groups in total. The van der Waals surface area contributed by atoms with Crippen LogP contribution in [0.1, 0.15) is 21.8 Å². The van der Waals surface area contributed by atoms with Gasteiger partial charge in [-0.15, -0.1) is 0 Å². The predicted octanol–water partition coefficient (Wildman–Crippen LogP) is 3.78. The number of hydrogen-bond acceptors (Lipinski definition) is 5. The molecule has 0 spiro atoms. The summed E-state index contributed by atoms with van der Waals surface area (Å²) in [7, 11) is 3.05. The summed E-state index contributed by atoms with van der Waals surface area (Å²) in [6.45, 7) is 2.11. The van der Waals surface area contributed by atoms with E-state index in [0.717, 1.165) is 0 Å². The Hall–Kier alpha value is -3.35. The van der Waals surface area contributed by atoms with Crippen LogP contribution in [0.2, 0.25) is 0 Å². The fraction of sp³-hybridized carbons (Fsp3) is 0.238. The lowest BCUT2D eigenvalue weighted by Crippen LogP contribution is -2.26. The number of aromatic nitrogens is 1. The summed E-state index contributed by atoms with van der Waals surface area (Å²) in [5.74, 6) is 1.24. The van der Waals surface area contributed by atoms with Crippen LogP contribution in [-0.2, 0) is 6.42 Å². The fourth-order valence-electron chi connectivity index (χ4n) is 2.74. The summed E-state index contributed by atoms with van der Waals surface area (Å²) >= 11 is 0. The SMILES string of the molecule is COc1cc(OC)cc(C(=O)NCCc2nc(-c3ccccc3F)oc2C)c1. The van der Waals surface area contributed by atoms with E-state index in [9.17, 15) is 9.18 Å². The second kappa shape index (κ2) is 8.56. The van der Waals surface area contributed by atoms with Crippen molar-refractivity contribution in [2.24, 2.45) is 0 Å². The number of nitrogens with one attached hydrogen (secondary N) is 1. The van der Waals surface area contributed by atoms with Crippen LogP contribution in [0.15, 0.2) is 46.9 Å². The molecule has 0 saturated heterocycles. The fourth-order valence-corrected chi connectivity index (χ4v) is 2.74. The van der Waals surface area contributed by atoms with Crippen molar-refractivity contribution in [3.05, 3.63) is 65.3 Å². The van der Waals surface area contributed by atoms with Crippen LogP contribution < -0.4 is 14.8 Å². The monoisotopic (exact) mass is 384 g/mol. The molecule has 0 bridgehead atoms. The van der Waals surface area contributed by atoms with Gasteiger partial charge >= 0.3 is 0 Å². The molecule has 0 saturated carbocycles. The van der Waals surface area contributed by atoms with Crippen molar-refractivity contribution >= 4 is 5.91 Å². The van der Waals surface area contributed by atoms with Gasteiger partial charge in [0, 0.05) is 24.6 Å². The summed E-state index contributed by atoms with van der Waals surface area (Å²) in [5.41, 5.74) is 1.41. The number of nitrogens with zero attached hydrogens (tertiary/aromatic N) is 1. The molecular weight excluding hydrogens is 363 g/mol. The number of aryl methyl sites for hydroxylation is 1. The summed E-state index contributed by atoms with van der Waals surface area (Å²) in [6.07, 6.45) is 0.455. The van der Waals surface area contributed by atoms with Crippen LogP contribution >= 0.6 is 0 Å². The zero-order chi connectivity index (χ0) is 20.1. The molecule has 3 rings (SSSR count). The van der Waals surface area contributed by atoms with E-state index in [4.69, 9.17) is 13.9 Å². The molecule has 0 aliphatic rings. The number of rotatable bonds is 7. The van der Waals surface area contributed by atoms with E-state index in [0.29, 0.717) is 47.0 Å². The molecule has 0 aliphatic carbocycles. The van der Waals surface area contributed by atoms with Crippen molar-refractivity contribution in [3.8, 4) is 23.0 Å². The van der Waals surface area contributed by atoms with Gasteiger partial charge in [-0.05, 0) is 31.2 Å². The first kappa shape index (κ1) is 19.4. The quantitative estimate of drug-likeness (QED) is 0.671. The van der Waals surface area contributed by atoms with Crippen molar-refractivity contribution in [1.29, 1.82) is 0 Å². The minimum Gasteiger partial charge on any atom is -0.497 e. The van der Waals surface area contributed by atoms with Crippen LogP contribution in [0.5, 0.6) is 11.5 Å². The van der Waals surface area contributed by atoms with E-state index < -0.39 is 5.82 Å². The number of halogens is 1. The van der Waals surface area contributed by atoms with Crippen LogP contribution in [0, 0.1) is 12.7 Å². The molecule has 0 aliphatic heterocycles. The van der Waals surface area contributed by atoms with Crippen molar-refractivity contribution in [2.45, 2.75) is 13.3 Å². The number of hydrogen-bond donors (Lipinski definition) is 1. The highest BCUT2D eigenvalue weighted by atomic mass is 19.1. The molecule has 3 aromatic rings. The van der Waals surface area contributed by atoms with E-state index in [2.05, 4.69) is 10.3 Å². The highest BCUT2D eigenvalue weighted by Gasteiger charge is 2.15. The first-order valence-corrected chi connectivity index (χ1v) is 8.74. The predicted molar refractivity (Wildman–Crippen MR) is 102 cm³/mol. The van der Waals surface area contributed by atoms with Gasteiger partial charge in [0.2, 0.25) is 5.89 Å². The normalized spacial score (nSPS) is 10.6. The van der Waals surface area contributed by atoms with E-state index in [1.54, 1.807) is 43.3 Å². The lowest BCUT2D eigenvalue weighted by atomic mass is 10.2. The second-order valence-corrected chi connectivity index (χ2v) is 6.11. The van der Waals surface area contributed by atoms with Gasteiger partial charge < -0.3 is 19.2 Å². The number of oxazole rings is 1. The van der Waals surface area contributed by atoms with Gasteiger partial charge in [0.05, 0.1) is 25.5 Å². The lowest BCUT2D eigenvalue weighted by Gasteiger charge is -2.09. The van der Waals surface area contributed by atoms with E-state index >= 15 is 0 Å². The number of benzene rings is 2. The number of methoxy groups -OCH3 is 2. The molecular formula is C21H21FN2O4. The first-order chi connectivity index (χ1) is 13.5. The average Bonchev–Trinajstić information content (AvgIpc) is 3.08. The largest absolute Gasteiger partial charge is 0.497 e. The van der Waals surface area contributed by atoms with E-state index in [1.807, 2.05) is 0 Å². The van der Waals surface area contributed by atoms with Crippen molar-refractivity contribution in [3.63, 3.8) is 0 Å². The molecule has 7 heteroatoms. The molecule has 146 valence electrons. The van der Waals surface area contributed by atoms with Gasteiger partial charge in [0.25, 0.3) is 5.91 Å². The van der Waals surface area contributed by atoms with Crippen LogP contribution in [-0.4, -0.2) is 31.7 Å². The van der Waals surface area contributed by atoms with Gasteiger partial charge in [0.15, 0.2) is 0 Å². The Bertz CT molecular complexity index is 962. The highest BCUT2D eigenvalue weighted by molar-refractivity contribution is 5.95. The standard InChI is InChI=1S/C21H21FN2O4/c1-13-19(24-21(28-13)17-6-4-5-7-18(17)22)8-9-23-20(25)14-10-15(26-2)12-16(11-14)27-3/h4-7,10-12H,8-9H2,1-3H3,(H,23,25). The van der Waals surface area contributed by atoms with Crippen molar-refractivity contribution in [2.75, 3.05) is 20.8 Å². The zero-order valence-corrected chi connectivity index (χ0v) is 15.9. The molecule has 0 radical (unpaired) electrons. The molecule has 0 unspecified atom stereocenters. The van der Waals surface area contributed by atoms with Crippen molar-refractivity contribution in [1.82, 2.24) is 10.3 Å². The molecule has 6 nitrogen and oxygen atoms in total. The number of amides is 1. The third-order valence-electron chi connectivity index (χ3n) is 4.26. The maximum absolute atomic E-state index is 13.9. The smallest absolute Gasteiger partial charge is 0.251 e. The third kappa shape index (κ3) is 4.31. The summed E-state index contributed by atoms with van der Waals surface area (Å²) in [4.78, 5) is 16.8. The molecule has 28 heavy (non-hydrogen) atoms. The Kier molecular flexibility index (Phi) is 5.93. The lowest BCUT2D eigenvalue weighted by molar-refractivity contribution is 0.0953. The van der Waals surface area contributed by atoms with Gasteiger partial charge in [-0.1, -0.05) is 12.1 Å². The molecule has 0 fully saturated rings. The average molecular weight is 384 g/mol. The summed E-state index contributed by atoms with van der Waals surface area (Å²) < 4.78 is 29.9. The molecule has 1 aromatic heterocycles. The Balaban J connectivity index is 1.66. The Morgan fingerprint density at radius 3 is 2.46 bits per heavy atom. The van der Waals surface area contributed by atoms with Gasteiger partial charge in [-0.25, -0.2) is 9.37 Å². The minimum absolute atomic E-state index is 0.231. The number of carbonyl (C=O) groups is 1. The second-order valence-electron chi connectivity index (χ2n) is 6.11. The van der Waals surface area contributed by atoms with Gasteiger partial charge in [-0.3, -0.25) is 4.79 Å². The summed E-state index contributed by atoms with van der Waals surface area (Å²) in [6, 6.07) is 11.3. The van der Waals surface area contributed by atoms with Crippen LogP contribution in [0.4, 0.5) is 4.39 Å². The molecule has 1 amide bonds. The van der Waals surface area contributed by atoms with E-state index in [1.165, 1.54) is 20.3 Å². The maximum Gasteiger partial charge on any atom is 0.251 e. The Morgan fingerprint density at radius 1 is 1.14 bits per heavy atom. The molecule has 0 atom stereocenters. The van der Waals surface area contributed by atoms with Crippen LogP contribution in [0.25, 0.3) is 11.5 Å². The van der Waals surface area contributed by atoms with E-state index in [-0.39, 0.29) is 11.8 Å². The maximum atomic E-state index is 13.9. The number of carbonyl (C=O) groups excluding carboxylic acids is 1. The van der Waals surface area contributed by atoms with Gasteiger partial charge in [-0.2, -0.15) is 0 Å². The zero-order valence-electron chi connectivity index (χ0n) is 15.9. The van der Waals surface area contributed by atoms with Crippen molar-refractivity contribution < 1.29 is 23.1 Å². The minimum atomic E-state index is -0.393. The topological polar surface area (TPSA) is 73.6 Å².